The Morgan fingerprint density at radius 2 is 2.25 bits per heavy atom. The average molecular weight is 351 g/mol. The molecule has 1 unspecified atom stereocenters. The van der Waals surface area contributed by atoms with Gasteiger partial charge in [0.05, 0.1) is 18.8 Å². The minimum atomic E-state index is -3.16. The van der Waals surface area contributed by atoms with Crippen LogP contribution in [-0.2, 0) is 16.4 Å². The molecule has 1 saturated heterocycles. The predicted octanol–water partition coefficient (Wildman–Crippen LogP) is 1.75. The smallest absolute Gasteiger partial charge is 0.231 e. The quantitative estimate of drug-likeness (QED) is 0.788. The molecule has 1 aromatic carbocycles. The van der Waals surface area contributed by atoms with Crippen molar-refractivity contribution in [2.24, 2.45) is 0 Å². The molecule has 130 valence electrons. The van der Waals surface area contributed by atoms with Gasteiger partial charge in [-0.1, -0.05) is 17.3 Å². The number of ether oxygens (including phenoxy) is 1. The van der Waals surface area contributed by atoms with E-state index < -0.39 is 10.0 Å². The number of benzene rings is 1. The van der Waals surface area contributed by atoms with E-state index in [1.54, 1.807) is 0 Å². The van der Waals surface area contributed by atoms with E-state index in [4.69, 9.17) is 9.26 Å². The second-order valence-corrected chi connectivity index (χ2v) is 8.05. The molecule has 1 aliphatic heterocycles. The Balaban J connectivity index is 1.53. The second-order valence-electron chi connectivity index (χ2n) is 6.07. The normalized spacial score (nSPS) is 18.8. The molecule has 2 aromatic rings. The fourth-order valence-corrected chi connectivity index (χ4v) is 3.62. The summed E-state index contributed by atoms with van der Waals surface area (Å²) in [5, 5.41) is 3.96. The lowest BCUT2D eigenvalue weighted by Crippen LogP contribution is -2.27. The molecule has 0 radical (unpaired) electrons. The Bertz CT molecular complexity index is 803. The van der Waals surface area contributed by atoms with Crippen LogP contribution in [0, 0.1) is 6.92 Å². The number of nitrogens with zero attached hydrogens (tertiary/aromatic N) is 3. The first-order chi connectivity index (χ1) is 11.4. The van der Waals surface area contributed by atoms with E-state index in [0.29, 0.717) is 44.3 Å². The molecule has 24 heavy (non-hydrogen) atoms. The van der Waals surface area contributed by atoms with Gasteiger partial charge in [-0.2, -0.15) is 4.98 Å². The van der Waals surface area contributed by atoms with Crippen molar-refractivity contribution in [1.29, 1.82) is 0 Å². The number of aromatic nitrogens is 2. The zero-order chi connectivity index (χ0) is 17.2. The van der Waals surface area contributed by atoms with Crippen LogP contribution in [0.4, 0.5) is 0 Å². The van der Waals surface area contributed by atoms with E-state index in [1.807, 2.05) is 31.2 Å². The predicted molar refractivity (Wildman–Crippen MR) is 88.5 cm³/mol. The summed E-state index contributed by atoms with van der Waals surface area (Å²) in [5.41, 5.74) is 1.14. The number of hydrogen-bond donors (Lipinski definition) is 0. The van der Waals surface area contributed by atoms with Crippen molar-refractivity contribution in [3.63, 3.8) is 0 Å². The molecule has 0 aliphatic carbocycles. The third kappa shape index (κ3) is 4.12. The summed E-state index contributed by atoms with van der Waals surface area (Å²) in [6.45, 7) is 3.38. The molecule has 1 aromatic heterocycles. The van der Waals surface area contributed by atoms with Gasteiger partial charge in [0.25, 0.3) is 0 Å². The van der Waals surface area contributed by atoms with Gasteiger partial charge in [-0.05, 0) is 31.0 Å². The van der Waals surface area contributed by atoms with Gasteiger partial charge in [-0.25, -0.2) is 12.7 Å². The summed E-state index contributed by atoms with van der Waals surface area (Å²) in [5.74, 6) is 1.87. The molecule has 0 spiro atoms. The zero-order valence-corrected chi connectivity index (χ0v) is 14.6. The highest BCUT2D eigenvalue weighted by molar-refractivity contribution is 7.88. The standard InChI is InChI=1S/C16H21N3O4S/c1-12-4-3-5-14(10-12)22-9-7-15-17-16(23-18-15)13-6-8-19(11-13)24(2,20)21/h3-5,10,13H,6-9,11H2,1-2H3. The highest BCUT2D eigenvalue weighted by atomic mass is 32.2. The average Bonchev–Trinajstić information content (AvgIpc) is 3.15. The summed E-state index contributed by atoms with van der Waals surface area (Å²) < 4.78 is 35.5. The lowest BCUT2D eigenvalue weighted by atomic mass is 10.1. The van der Waals surface area contributed by atoms with E-state index >= 15 is 0 Å². The molecule has 2 heterocycles. The van der Waals surface area contributed by atoms with Crippen LogP contribution in [0.3, 0.4) is 0 Å². The highest BCUT2D eigenvalue weighted by Gasteiger charge is 2.32. The lowest BCUT2D eigenvalue weighted by molar-refractivity contribution is 0.312. The summed E-state index contributed by atoms with van der Waals surface area (Å²) in [6, 6.07) is 7.84. The van der Waals surface area contributed by atoms with E-state index in [-0.39, 0.29) is 5.92 Å². The van der Waals surface area contributed by atoms with E-state index in [2.05, 4.69) is 10.1 Å². The maximum atomic E-state index is 11.6. The largest absolute Gasteiger partial charge is 0.493 e. The monoisotopic (exact) mass is 351 g/mol. The molecule has 1 fully saturated rings. The molecule has 0 bridgehead atoms. The van der Waals surface area contributed by atoms with Crippen LogP contribution in [0.5, 0.6) is 5.75 Å². The number of hydrogen-bond acceptors (Lipinski definition) is 6. The minimum absolute atomic E-state index is 0.0290. The number of sulfonamides is 1. The van der Waals surface area contributed by atoms with Crippen molar-refractivity contribution in [2.75, 3.05) is 26.0 Å². The van der Waals surface area contributed by atoms with Gasteiger partial charge >= 0.3 is 0 Å². The highest BCUT2D eigenvalue weighted by Crippen LogP contribution is 2.27. The molecule has 3 rings (SSSR count). The van der Waals surface area contributed by atoms with Gasteiger partial charge in [-0.3, -0.25) is 0 Å². The maximum Gasteiger partial charge on any atom is 0.231 e. The van der Waals surface area contributed by atoms with Crippen LogP contribution >= 0.6 is 0 Å². The Morgan fingerprint density at radius 1 is 1.42 bits per heavy atom. The van der Waals surface area contributed by atoms with Gasteiger partial charge < -0.3 is 9.26 Å². The summed E-state index contributed by atoms with van der Waals surface area (Å²) in [4.78, 5) is 4.38. The van der Waals surface area contributed by atoms with E-state index in [1.165, 1.54) is 10.6 Å². The van der Waals surface area contributed by atoms with E-state index in [9.17, 15) is 8.42 Å². The Kier molecular flexibility index (Phi) is 4.86. The van der Waals surface area contributed by atoms with E-state index in [0.717, 1.165) is 11.3 Å². The molecular formula is C16H21N3O4S. The molecule has 1 atom stereocenters. The molecule has 1 aliphatic rings. The van der Waals surface area contributed by atoms with Crippen molar-refractivity contribution in [1.82, 2.24) is 14.4 Å². The van der Waals surface area contributed by atoms with Gasteiger partial charge in [-0.15, -0.1) is 0 Å². The lowest BCUT2D eigenvalue weighted by Gasteiger charge is -2.11. The van der Waals surface area contributed by atoms with Crippen molar-refractivity contribution >= 4 is 10.0 Å². The Morgan fingerprint density at radius 3 is 2.96 bits per heavy atom. The molecule has 8 heteroatoms. The summed E-state index contributed by atoms with van der Waals surface area (Å²) in [6.07, 6.45) is 2.46. The fourth-order valence-electron chi connectivity index (χ4n) is 2.73. The topological polar surface area (TPSA) is 85.5 Å². The Hall–Kier alpha value is -1.93. The van der Waals surface area contributed by atoms with Crippen LogP contribution in [0.2, 0.25) is 0 Å². The molecule has 7 nitrogen and oxygen atoms in total. The van der Waals surface area contributed by atoms with Crippen LogP contribution in [-0.4, -0.2) is 48.8 Å². The van der Waals surface area contributed by atoms with Crippen molar-refractivity contribution in [3.05, 3.63) is 41.5 Å². The molecule has 0 saturated carbocycles. The summed E-state index contributed by atoms with van der Waals surface area (Å²) >= 11 is 0. The second kappa shape index (κ2) is 6.90. The maximum absolute atomic E-state index is 11.6. The first-order valence-electron chi connectivity index (χ1n) is 7.89. The number of aryl methyl sites for hydroxylation is 1. The molecule has 0 amide bonds. The van der Waals surface area contributed by atoms with Crippen LogP contribution in [0.15, 0.2) is 28.8 Å². The van der Waals surface area contributed by atoms with Crippen LogP contribution in [0.1, 0.15) is 29.6 Å². The van der Waals surface area contributed by atoms with Gasteiger partial charge in [0.1, 0.15) is 5.75 Å². The van der Waals surface area contributed by atoms with Crippen molar-refractivity contribution < 1.29 is 17.7 Å². The fraction of sp³-hybridized carbons (Fsp3) is 0.500. The van der Waals surface area contributed by atoms with Crippen molar-refractivity contribution in [3.8, 4) is 5.75 Å². The third-order valence-electron chi connectivity index (χ3n) is 4.04. The van der Waals surface area contributed by atoms with Gasteiger partial charge in [0.2, 0.25) is 15.9 Å². The third-order valence-corrected chi connectivity index (χ3v) is 5.31. The molecule has 0 N–H and O–H groups in total. The number of rotatable bonds is 6. The first-order valence-corrected chi connectivity index (χ1v) is 9.74. The zero-order valence-electron chi connectivity index (χ0n) is 13.8. The van der Waals surface area contributed by atoms with Gasteiger partial charge in [0.15, 0.2) is 5.82 Å². The first kappa shape index (κ1) is 16.9. The van der Waals surface area contributed by atoms with Gasteiger partial charge in [0, 0.05) is 19.5 Å². The van der Waals surface area contributed by atoms with Crippen LogP contribution < -0.4 is 4.74 Å². The van der Waals surface area contributed by atoms with Crippen molar-refractivity contribution in [2.45, 2.75) is 25.7 Å². The SMILES string of the molecule is Cc1cccc(OCCc2noc(C3CCN(S(C)(=O)=O)C3)n2)c1. The van der Waals surface area contributed by atoms with Crippen LogP contribution in [0.25, 0.3) is 0 Å². The Labute approximate surface area is 141 Å². The summed E-state index contributed by atoms with van der Waals surface area (Å²) in [7, 11) is -3.16. The molecular weight excluding hydrogens is 330 g/mol. The minimum Gasteiger partial charge on any atom is -0.493 e.